The molecule has 3 rings (SSSR count). The molecule has 0 atom stereocenters. The number of rotatable bonds is 5. The Balaban J connectivity index is 1.70. The zero-order chi connectivity index (χ0) is 18.7. The summed E-state index contributed by atoms with van der Waals surface area (Å²) >= 11 is 0. The minimum absolute atomic E-state index is 0.368. The molecule has 0 saturated carbocycles. The van der Waals surface area contributed by atoms with Crippen molar-refractivity contribution in [3.05, 3.63) is 66.1 Å². The first-order valence-corrected chi connectivity index (χ1v) is 7.84. The number of carbonyl (C=O) groups excluding carboxylic acids is 1. The number of para-hydroxylation sites is 1. The second kappa shape index (κ2) is 6.79. The van der Waals surface area contributed by atoms with Crippen molar-refractivity contribution in [1.82, 2.24) is 0 Å². The average molecular weight is 355 g/mol. The summed E-state index contributed by atoms with van der Waals surface area (Å²) in [6.07, 6.45) is 0. The van der Waals surface area contributed by atoms with Gasteiger partial charge in [0.2, 0.25) is 11.5 Å². The quantitative estimate of drug-likeness (QED) is 0.852. The Hall–Kier alpha value is -3.48. The molecule has 1 amide bonds. The molecule has 7 heteroatoms. The second-order valence-corrected chi connectivity index (χ2v) is 5.96. The lowest BCUT2D eigenvalue weighted by Gasteiger charge is -2.18. The number of hydrogen-bond acceptors (Lipinski definition) is 5. The van der Waals surface area contributed by atoms with Crippen LogP contribution >= 0.6 is 0 Å². The van der Waals surface area contributed by atoms with Crippen molar-refractivity contribution >= 4 is 17.6 Å². The van der Waals surface area contributed by atoms with Crippen LogP contribution in [-0.4, -0.2) is 22.8 Å². The van der Waals surface area contributed by atoms with Crippen LogP contribution in [0, 0.1) is 0 Å². The predicted molar refractivity (Wildman–Crippen MR) is 92.5 cm³/mol. The van der Waals surface area contributed by atoms with Crippen LogP contribution in [0.5, 0.6) is 11.5 Å². The number of aliphatic carboxylic acids is 1. The van der Waals surface area contributed by atoms with E-state index in [1.54, 1.807) is 24.3 Å². The topological polar surface area (TPSA) is 94.1 Å². The molecule has 1 aliphatic heterocycles. The van der Waals surface area contributed by atoms with E-state index in [0.29, 0.717) is 17.2 Å². The minimum atomic E-state index is -1.37. The molecule has 0 unspecified atom stereocenters. The summed E-state index contributed by atoms with van der Waals surface area (Å²) in [6, 6.07) is 15.9. The van der Waals surface area contributed by atoms with Gasteiger partial charge in [0, 0.05) is 19.5 Å². The van der Waals surface area contributed by atoms with Crippen molar-refractivity contribution < 1.29 is 28.9 Å². The Bertz CT molecular complexity index is 855. The van der Waals surface area contributed by atoms with E-state index in [0.717, 1.165) is 0 Å². The Kier molecular flexibility index (Phi) is 4.53. The lowest BCUT2D eigenvalue weighted by molar-refractivity contribution is -0.151. The Morgan fingerprint density at radius 1 is 0.923 bits per heavy atom. The van der Waals surface area contributed by atoms with Gasteiger partial charge in [-0.05, 0) is 36.4 Å². The van der Waals surface area contributed by atoms with E-state index >= 15 is 0 Å². The number of carboxylic acids is 1. The van der Waals surface area contributed by atoms with Crippen LogP contribution in [0.1, 0.15) is 13.8 Å². The average Bonchev–Trinajstić information content (AvgIpc) is 2.94. The Morgan fingerprint density at radius 3 is 2.12 bits per heavy atom. The highest BCUT2D eigenvalue weighted by Crippen LogP contribution is 2.31. The molecule has 0 radical (unpaired) electrons. The molecule has 134 valence electrons. The third kappa shape index (κ3) is 3.94. The summed E-state index contributed by atoms with van der Waals surface area (Å²) < 4.78 is 16.1. The molecule has 1 heterocycles. The molecule has 1 aliphatic rings. The maximum Gasteiger partial charge on any atom is 0.375 e. The van der Waals surface area contributed by atoms with Crippen molar-refractivity contribution in [2.24, 2.45) is 0 Å². The molecule has 0 aliphatic carbocycles. The molecule has 26 heavy (non-hydrogen) atoms. The largest absolute Gasteiger partial charge is 0.475 e. The smallest absolute Gasteiger partial charge is 0.375 e. The second-order valence-electron chi connectivity index (χ2n) is 5.96. The molecule has 2 aromatic carbocycles. The third-order valence-electron chi connectivity index (χ3n) is 3.39. The molecule has 0 fully saturated rings. The van der Waals surface area contributed by atoms with Gasteiger partial charge in [-0.3, -0.25) is 4.79 Å². The van der Waals surface area contributed by atoms with Gasteiger partial charge in [-0.25, -0.2) is 4.79 Å². The van der Waals surface area contributed by atoms with E-state index in [1.807, 2.05) is 30.3 Å². The van der Waals surface area contributed by atoms with Gasteiger partial charge in [0.1, 0.15) is 11.5 Å². The fourth-order valence-electron chi connectivity index (χ4n) is 2.31. The number of hydrogen-bond donors (Lipinski definition) is 2. The molecular formula is C19H17NO6. The monoisotopic (exact) mass is 355 g/mol. The zero-order valence-electron chi connectivity index (χ0n) is 14.2. The first-order valence-electron chi connectivity index (χ1n) is 7.84. The molecule has 0 saturated heterocycles. The number of carboxylic acid groups (broad SMARTS) is 1. The van der Waals surface area contributed by atoms with Gasteiger partial charge in [-0.15, -0.1) is 0 Å². The summed E-state index contributed by atoms with van der Waals surface area (Å²) in [5, 5.41) is 11.7. The van der Waals surface area contributed by atoms with Gasteiger partial charge in [-0.1, -0.05) is 18.2 Å². The number of anilines is 1. The van der Waals surface area contributed by atoms with Crippen LogP contribution in [0.25, 0.3) is 0 Å². The molecule has 0 aromatic heterocycles. The lowest BCUT2D eigenvalue weighted by Crippen LogP contribution is -2.23. The number of benzene rings is 2. The summed E-state index contributed by atoms with van der Waals surface area (Å²) in [4.78, 5) is 23.5. The van der Waals surface area contributed by atoms with E-state index in [9.17, 15) is 9.59 Å². The van der Waals surface area contributed by atoms with Crippen LogP contribution in [0.2, 0.25) is 0 Å². The summed E-state index contributed by atoms with van der Waals surface area (Å²) in [7, 11) is 0. The molecule has 7 nitrogen and oxygen atoms in total. The SMILES string of the molecule is CC1(C)OC(C(=O)O)=C(C(=O)Nc2ccc(Oc3ccccc3)cc2)O1. The van der Waals surface area contributed by atoms with Crippen molar-refractivity contribution in [2.45, 2.75) is 19.6 Å². The molecule has 2 aromatic rings. The Labute approximate surface area is 149 Å². The maximum atomic E-state index is 12.3. The summed E-state index contributed by atoms with van der Waals surface area (Å²) in [5.41, 5.74) is 0.459. The fourth-order valence-corrected chi connectivity index (χ4v) is 2.31. The van der Waals surface area contributed by atoms with Crippen molar-refractivity contribution in [3.63, 3.8) is 0 Å². The van der Waals surface area contributed by atoms with E-state index in [1.165, 1.54) is 13.8 Å². The molecule has 0 spiro atoms. The van der Waals surface area contributed by atoms with Crippen LogP contribution in [0.3, 0.4) is 0 Å². The number of amides is 1. The zero-order valence-corrected chi connectivity index (χ0v) is 14.2. The van der Waals surface area contributed by atoms with Gasteiger partial charge in [0.15, 0.2) is 0 Å². The van der Waals surface area contributed by atoms with E-state index in [-0.39, 0.29) is 5.76 Å². The molecule has 0 bridgehead atoms. The normalized spacial score (nSPS) is 15.0. The van der Waals surface area contributed by atoms with Gasteiger partial charge in [0.05, 0.1) is 0 Å². The van der Waals surface area contributed by atoms with Crippen LogP contribution in [-0.2, 0) is 19.1 Å². The van der Waals surface area contributed by atoms with E-state index in [4.69, 9.17) is 19.3 Å². The van der Waals surface area contributed by atoms with Crippen LogP contribution in [0.15, 0.2) is 66.1 Å². The van der Waals surface area contributed by atoms with Crippen molar-refractivity contribution in [2.75, 3.05) is 5.32 Å². The van der Waals surface area contributed by atoms with Crippen LogP contribution in [0.4, 0.5) is 5.69 Å². The first kappa shape index (κ1) is 17.3. The summed E-state index contributed by atoms with van der Waals surface area (Å²) in [6.45, 7) is 3.04. The standard InChI is InChI=1S/C19H17NO6/c1-19(2)25-15(16(26-19)18(22)23)17(21)20-12-8-10-14(11-9-12)24-13-6-4-3-5-7-13/h3-11H,1-2H3,(H,20,21)(H,22,23). The highest BCUT2D eigenvalue weighted by Gasteiger charge is 2.41. The van der Waals surface area contributed by atoms with Gasteiger partial charge in [0.25, 0.3) is 11.7 Å². The third-order valence-corrected chi connectivity index (χ3v) is 3.39. The number of carbonyl (C=O) groups is 2. The molecule has 2 N–H and O–H groups in total. The van der Waals surface area contributed by atoms with E-state index in [2.05, 4.69) is 5.32 Å². The highest BCUT2D eigenvalue weighted by molar-refractivity contribution is 6.07. The lowest BCUT2D eigenvalue weighted by atomic mass is 10.3. The summed E-state index contributed by atoms with van der Waals surface area (Å²) in [5.74, 6) is -2.88. The fraction of sp³-hybridized carbons (Fsp3) is 0.158. The van der Waals surface area contributed by atoms with Crippen LogP contribution < -0.4 is 10.1 Å². The molecular weight excluding hydrogens is 338 g/mol. The van der Waals surface area contributed by atoms with Crippen molar-refractivity contribution in [1.29, 1.82) is 0 Å². The maximum absolute atomic E-state index is 12.3. The Morgan fingerprint density at radius 2 is 1.50 bits per heavy atom. The minimum Gasteiger partial charge on any atom is -0.475 e. The van der Waals surface area contributed by atoms with Crippen molar-refractivity contribution in [3.8, 4) is 11.5 Å². The van der Waals surface area contributed by atoms with E-state index < -0.39 is 23.4 Å². The van der Waals surface area contributed by atoms with Gasteiger partial charge in [-0.2, -0.15) is 0 Å². The number of nitrogens with one attached hydrogen (secondary N) is 1. The van der Waals surface area contributed by atoms with Gasteiger partial charge < -0.3 is 24.6 Å². The van der Waals surface area contributed by atoms with Gasteiger partial charge >= 0.3 is 5.97 Å². The highest BCUT2D eigenvalue weighted by atomic mass is 16.7. The number of ether oxygens (including phenoxy) is 3. The predicted octanol–water partition coefficient (Wildman–Crippen LogP) is 3.50. The first-order chi connectivity index (χ1) is 12.3.